The summed E-state index contributed by atoms with van der Waals surface area (Å²) in [5.74, 6) is -2.78. The molecule has 1 unspecified atom stereocenters. The van der Waals surface area contributed by atoms with E-state index >= 15 is 0 Å². The molecule has 5 nitrogen and oxygen atoms in total. The molecule has 1 atom stereocenters. The molecule has 0 aromatic heterocycles. The van der Waals surface area contributed by atoms with E-state index in [1.807, 2.05) is 0 Å². The molecule has 1 saturated heterocycles. The maximum atomic E-state index is 13.7. The van der Waals surface area contributed by atoms with Crippen molar-refractivity contribution in [1.82, 2.24) is 4.90 Å². The third-order valence-electron chi connectivity index (χ3n) is 3.47. The minimum atomic E-state index is -0.905. The number of carbonyl (C=O) groups is 2. The van der Waals surface area contributed by atoms with E-state index in [0.29, 0.717) is 13.0 Å². The lowest BCUT2D eigenvalue weighted by Gasteiger charge is -2.32. The van der Waals surface area contributed by atoms with Gasteiger partial charge in [-0.15, -0.1) is 0 Å². The van der Waals surface area contributed by atoms with Crippen LogP contribution in [0.25, 0.3) is 0 Å². The minimum Gasteiger partial charge on any atom is -0.507 e. The Bertz CT molecular complexity index is 512. The second kappa shape index (κ2) is 5.90. The molecule has 0 spiro atoms. The number of carbonyl (C=O) groups excluding carboxylic acids is 1. The second-order valence-electron chi connectivity index (χ2n) is 4.99. The maximum absolute atomic E-state index is 13.7. The summed E-state index contributed by atoms with van der Waals surface area (Å²) in [5, 5.41) is 18.4. The van der Waals surface area contributed by atoms with Gasteiger partial charge >= 0.3 is 5.97 Å². The molecule has 2 N–H and O–H groups in total. The number of rotatable bonds is 3. The zero-order chi connectivity index (χ0) is 14.7. The summed E-state index contributed by atoms with van der Waals surface area (Å²) in [6.07, 6.45) is 1.41. The van der Waals surface area contributed by atoms with E-state index in [4.69, 9.17) is 5.11 Å². The van der Waals surface area contributed by atoms with E-state index in [-0.39, 0.29) is 24.4 Å². The third-order valence-corrected chi connectivity index (χ3v) is 3.47. The molecule has 1 aromatic carbocycles. The number of nitrogens with zero attached hydrogens (tertiary/aromatic N) is 1. The number of halogens is 1. The molecule has 2 rings (SSSR count). The summed E-state index contributed by atoms with van der Waals surface area (Å²) >= 11 is 0. The molecule has 0 bridgehead atoms. The van der Waals surface area contributed by atoms with E-state index in [1.165, 1.54) is 17.0 Å². The van der Waals surface area contributed by atoms with Gasteiger partial charge in [-0.25, -0.2) is 4.39 Å². The normalized spacial score (nSPS) is 18.9. The van der Waals surface area contributed by atoms with E-state index < -0.39 is 23.4 Å². The number of carboxylic acid groups (broad SMARTS) is 1. The highest BCUT2D eigenvalue weighted by Crippen LogP contribution is 2.26. The molecule has 0 radical (unpaired) electrons. The van der Waals surface area contributed by atoms with Gasteiger partial charge in [0.15, 0.2) is 0 Å². The summed E-state index contributed by atoms with van der Waals surface area (Å²) in [6.45, 7) is 0.724. The molecule has 1 heterocycles. The molecule has 0 saturated carbocycles. The highest BCUT2D eigenvalue weighted by molar-refractivity contribution is 5.97. The van der Waals surface area contributed by atoms with Gasteiger partial charge < -0.3 is 15.1 Å². The summed E-state index contributed by atoms with van der Waals surface area (Å²) in [5.41, 5.74) is -0.344. The quantitative estimate of drug-likeness (QED) is 0.886. The predicted octanol–water partition coefficient (Wildman–Crippen LogP) is 1.86. The van der Waals surface area contributed by atoms with Crippen molar-refractivity contribution in [3.05, 3.63) is 29.6 Å². The third kappa shape index (κ3) is 3.07. The Morgan fingerprint density at radius 2 is 2.15 bits per heavy atom. The van der Waals surface area contributed by atoms with Gasteiger partial charge in [0, 0.05) is 19.5 Å². The predicted molar refractivity (Wildman–Crippen MR) is 68.9 cm³/mol. The van der Waals surface area contributed by atoms with Crippen molar-refractivity contribution in [3.63, 3.8) is 0 Å². The van der Waals surface area contributed by atoms with Crippen LogP contribution < -0.4 is 0 Å². The standard InChI is InChI=1S/C14H16FNO4/c15-10-4-1-5-11(17)13(10)14(20)16-6-2-3-9(8-16)7-12(18)19/h1,4-5,9,17H,2-3,6-8H2,(H,18,19). The Morgan fingerprint density at radius 3 is 2.80 bits per heavy atom. The monoisotopic (exact) mass is 281 g/mol. The first kappa shape index (κ1) is 14.3. The number of hydrogen-bond donors (Lipinski definition) is 2. The van der Waals surface area contributed by atoms with E-state index in [0.717, 1.165) is 12.5 Å². The van der Waals surface area contributed by atoms with Gasteiger partial charge in [-0.2, -0.15) is 0 Å². The largest absolute Gasteiger partial charge is 0.507 e. The maximum Gasteiger partial charge on any atom is 0.303 e. The molecule has 1 aromatic rings. The van der Waals surface area contributed by atoms with Crippen LogP contribution in [0.3, 0.4) is 0 Å². The molecule has 0 aliphatic carbocycles. The fourth-order valence-electron chi connectivity index (χ4n) is 2.55. The van der Waals surface area contributed by atoms with Gasteiger partial charge in [0.05, 0.1) is 0 Å². The summed E-state index contributed by atoms with van der Waals surface area (Å²) < 4.78 is 13.7. The Labute approximate surface area is 115 Å². The number of phenols is 1. The van der Waals surface area contributed by atoms with Crippen LogP contribution in [-0.4, -0.2) is 40.1 Å². The summed E-state index contributed by atoms with van der Waals surface area (Å²) in [7, 11) is 0. The molecule has 1 aliphatic rings. The van der Waals surface area contributed by atoms with Crippen LogP contribution in [0, 0.1) is 11.7 Å². The average molecular weight is 281 g/mol. The first-order chi connectivity index (χ1) is 9.49. The Kier molecular flexibility index (Phi) is 4.22. The molecule has 1 fully saturated rings. The van der Waals surface area contributed by atoms with Crippen LogP contribution in [0.15, 0.2) is 18.2 Å². The van der Waals surface area contributed by atoms with Gasteiger partial charge in [-0.05, 0) is 30.9 Å². The van der Waals surface area contributed by atoms with E-state index in [1.54, 1.807) is 0 Å². The van der Waals surface area contributed by atoms with Crippen LogP contribution in [0.5, 0.6) is 5.75 Å². The number of piperidine rings is 1. The van der Waals surface area contributed by atoms with Crippen LogP contribution in [0.4, 0.5) is 4.39 Å². The van der Waals surface area contributed by atoms with Gasteiger partial charge in [-0.1, -0.05) is 6.07 Å². The summed E-state index contributed by atoms with van der Waals surface area (Å²) in [4.78, 5) is 24.4. The number of phenolic OH excluding ortho intramolecular Hbond substituents is 1. The molecule has 1 amide bonds. The van der Waals surface area contributed by atoms with Crippen LogP contribution in [-0.2, 0) is 4.79 Å². The van der Waals surface area contributed by atoms with Crippen molar-refractivity contribution in [3.8, 4) is 5.75 Å². The molecule has 20 heavy (non-hydrogen) atoms. The molecule has 108 valence electrons. The Hall–Kier alpha value is -2.11. The minimum absolute atomic E-state index is 0.00691. The molecule has 6 heteroatoms. The summed E-state index contributed by atoms with van der Waals surface area (Å²) in [6, 6.07) is 3.70. The highest BCUT2D eigenvalue weighted by Gasteiger charge is 2.28. The fraction of sp³-hybridized carbons (Fsp3) is 0.429. The van der Waals surface area contributed by atoms with Crippen LogP contribution >= 0.6 is 0 Å². The lowest BCUT2D eigenvalue weighted by molar-refractivity contribution is -0.138. The first-order valence-corrected chi connectivity index (χ1v) is 6.47. The van der Waals surface area contributed by atoms with Crippen molar-refractivity contribution in [2.45, 2.75) is 19.3 Å². The molecular weight excluding hydrogens is 265 g/mol. The van der Waals surface area contributed by atoms with E-state index in [2.05, 4.69) is 0 Å². The van der Waals surface area contributed by atoms with Crippen LogP contribution in [0.2, 0.25) is 0 Å². The SMILES string of the molecule is O=C(O)CC1CCCN(C(=O)c2c(O)cccc2F)C1. The van der Waals surface area contributed by atoms with Crippen LogP contribution in [0.1, 0.15) is 29.6 Å². The van der Waals surface area contributed by atoms with Gasteiger partial charge in [0.1, 0.15) is 17.1 Å². The van der Waals surface area contributed by atoms with Crippen molar-refractivity contribution >= 4 is 11.9 Å². The lowest BCUT2D eigenvalue weighted by Crippen LogP contribution is -2.40. The Morgan fingerprint density at radius 1 is 1.40 bits per heavy atom. The number of hydrogen-bond acceptors (Lipinski definition) is 3. The average Bonchev–Trinajstić information content (AvgIpc) is 2.38. The lowest BCUT2D eigenvalue weighted by atomic mass is 9.94. The van der Waals surface area contributed by atoms with Gasteiger partial charge in [-0.3, -0.25) is 9.59 Å². The van der Waals surface area contributed by atoms with Crippen molar-refractivity contribution < 1.29 is 24.2 Å². The van der Waals surface area contributed by atoms with Crippen molar-refractivity contribution in [1.29, 1.82) is 0 Å². The second-order valence-corrected chi connectivity index (χ2v) is 4.99. The number of aliphatic carboxylic acids is 1. The van der Waals surface area contributed by atoms with Crippen molar-refractivity contribution in [2.75, 3.05) is 13.1 Å². The zero-order valence-corrected chi connectivity index (χ0v) is 10.9. The fourth-order valence-corrected chi connectivity index (χ4v) is 2.55. The molecular formula is C14H16FNO4. The zero-order valence-electron chi connectivity index (χ0n) is 10.9. The topological polar surface area (TPSA) is 77.8 Å². The smallest absolute Gasteiger partial charge is 0.303 e. The van der Waals surface area contributed by atoms with Crippen molar-refractivity contribution in [2.24, 2.45) is 5.92 Å². The Balaban J connectivity index is 2.14. The number of benzene rings is 1. The number of carboxylic acids is 1. The highest BCUT2D eigenvalue weighted by atomic mass is 19.1. The molecule has 1 aliphatic heterocycles. The van der Waals surface area contributed by atoms with Gasteiger partial charge in [0.25, 0.3) is 5.91 Å². The number of aromatic hydroxyl groups is 1. The van der Waals surface area contributed by atoms with Gasteiger partial charge in [0.2, 0.25) is 0 Å². The number of likely N-dealkylation sites (tertiary alicyclic amines) is 1. The first-order valence-electron chi connectivity index (χ1n) is 6.47. The number of amides is 1. The van der Waals surface area contributed by atoms with E-state index in [9.17, 15) is 19.1 Å².